The number of carbonyl (C=O) groups excluding carboxylic acids is 1. The maximum absolute atomic E-state index is 12.3. The molecule has 6 nitrogen and oxygen atoms in total. The summed E-state index contributed by atoms with van der Waals surface area (Å²) in [6.07, 6.45) is 0.678. The molecule has 134 valence electrons. The van der Waals surface area contributed by atoms with Gasteiger partial charge in [0.25, 0.3) is 15.9 Å². The second-order valence-corrected chi connectivity index (χ2v) is 7.55. The molecule has 2 aromatic carbocycles. The monoisotopic (exact) mass is 382 g/mol. The number of nitrogens with one attached hydrogen (secondary N) is 1. The summed E-state index contributed by atoms with van der Waals surface area (Å²) in [5, 5.41) is 2.79. The summed E-state index contributed by atoms with van der Waals surface area (Å²) in [5.41, 5.74) is 1.31. The highest BCUT2D eigenvalue weighted by Crippen LogP contribution is 2.25. The van der Waals surface area contributed by atoms with Crippen LogP contribution in [0.3, 0.4) is 0 Å². The molecule has 0 unspecified atom stereocenters. The van der Waals surface area contributed by atoms with Gasteiger partial charge in [-0.05, 0) is 30.2 Å². The number of benzene rings is 2. The molecule has 0 fully saturated rings. The Hall–Kier alpha value is -1.93. The Bertz CT molecular complexity index is 841. The lowest BCUT2D eigenvalue weighted by Gasteiger charge is -2.15. The van der Waals surface area contributed by atoms with E-state index in [4.69, 9.17) is 16.4 Å². The van der Waals surface area contributed by atoms with Gasteiger partial charge in [-0.15, -0.1) is 0 Å². The van der Waals surface area contributed by atoms with Crippen molar-refractivity contribution in [2.75, 3.05) is 20.7 Å². The number of halogens is 1. The number of hydrogen-bond donors (Lipinski definition) is 1. The van der Waals surface area contributed by atoms with Gasteiger partial charge in [0.2, 0.25) is 0 Å². The average molecular weight is 383 g/mol. The molecular weight excluding hydrogens is 364 g/mol. The summed E-state index contributed by atoms with van der Waals surface area (Å²) in [6.45, 7) is 0.436. The van der Waals surface area contributed by atoms with Crippen LogP contribution in [0.15, 0.2) is 53.4 Å². The van der Waals surface area contributed by atoms with Crippen LogP contribution in [0, 0.1) is 0 Å². The highest BCUT2D eigenvalue weighted by molar-refractivity contribution is 7.89. The summed E-state index contributed by atoms with van der Waals surface area (Å²) >= 11 is 5.98. The van der Waals surface area contributed by atoms with Gasteiger partial charge in [0.05, 0.1) is 12.1 Å². The zero-order chi connectivity index (χ0) is 18.4. The van der Waals surface area contributed by atoms with Gasteiger partial charge in [-0.2, -0.15) is 0 Å². The highest BCUT2D eigenvalue weighted by atomic mass is 35.5. The van der Waals surface area contributed by atoms with E-state index in [1.807, 2.05) is 30.3 Å². The third kappa shape index (κ3) is 4.79. The Morgan fingerprint density at radius 1 is 1.20 bits per heavy atom. The van der Waals surface area contributed by atoms with Crippen LogP contribution in [0.25, 0.3) is 0 Å². The number of sulfonamides is 1. The fourth-order valence-corrected chi connectivity index (χ4v) is 3.62. The SMILES string of the molecule is CON(C)S(=O)(=O)c1cc(C(=O)NCCc2ccccc2)ccc1Cl. The fraction of sp³-hybridized carbons (Fsp3) is 0.235. The van der Waals surface area contributed by atoms with E-state index in [1.54, 1.807) is 0 Å². The maximum Gasteiger partial charge on any atom is 0.266 e. The Morgan fingerprint density at radius 3 is 2.52 bits per heavy atom. The molecule has 0 heterocycles. The van der Waals surface area contributed by atoms with E-state index in [9.17, 15) is 13.2 Å². The lowest BCUT2D eigenvalue weighted by molar-refractivity contribution is -0.0258. The van der Waals surface area contributed by atoms with Crippen molar-refractivity contribution in [3.8, 4) is 0 Å². The molecular formula is C17H19ClN2O4S. The van der Waals surface area contributed by atoms with Crippen LogP contribution in [0.1, 0.15) is 15.9 Å². The second-order valence-electron chi connectivity index (χ2n) is 5.23. The molecule has 2 rings (SSSR count). The van der Waals surface area contributed by atoms with Gasteiger partial charge in [-0.1, -0.05) is 46.4 Å². The van der Waals surface area contributed by atoms with Crippen LogP contribution < -0.4 is 5.32 Å². The quantitative estimate of drug-likeness (QED) is 0.746. The van der Waals surface area contributed by atoms with Crippen molar-refractivity contribution in [3.63, 3.8) is 0 Å². The van der Waals surface area contributed by atoms with Gasteiger partial charge < -0.3 is 5.32 Å². The van der Waals surface area contributed by atoms with E-state index in [0.29, 0.717) is 17.4 Å². The van der Waals surface area contributed by atoms with Crippen LogP contribution >= 0.6 is 11.6 Å². The van der Waals surface area contributed by atoms with Crippen LogP contribution in [0.2, 0.25) is 5.02 Å². The van der Waals surface area contributed by atoms with Gasteiger partial charge in [-0.25, -0.2) is 8.42 Å². The topological polar surface area (TPSA) is 75.7 Å². The first kappa shape index (κ1) is 19.4. The zero-order valence-electron chi connectivity index (χ0n) is 13.9. The number of amides is 1. The predicted octanol–water partition coefficient (Wildman–Crippen LogP) is 2.49. The van der Waals surface area contributed by atoms with Crippen LogP contribution in [0.5, 0.6) is 0 Å². The Kier molecular flexibility index (Phi) is 6.55. The normalized spacial score (nSPS) is 11.5. The molecule has 8 heteroatoms. The lowest BCUT2D eigenvalue weighted by Crippen LogP contribution is -2.28. The summed E-state index contributed by atoms with van der Waals surface area (Å²) in [5.74, 6) is -0.371. The first-order valence-corrected chi connectivity index (χ1v) is 9.33. The Morgan fingerprint density at radius 2 is 1.88 bits per heavy atom. The van der Waals surface area contributed by atoms with Crippen molar-refractivity contribution in [1.29, 1.82) is 0 Å². The maximum atomic E-state index is 12.3. The van der Waals surface area contributed by atoms with Crippen LogP contribution in [-0.2, 0) is 21.3 Å². The van der Waals surface area contributed by atoms with Crippen molar-refractivity contribution >= 4 is 27.5 Å². The Labute approximate surface area is 152 Å². The molecule has 0 atom stereocenters. The van der Waals surface area contributed by atoms with Crippen molar-refractivity contribution < 1.29 is 18.0 Å². The molecule has 2 aromatic rings. The summed E-state index contributed by atoms with van der Waals surface area (Å²) in [4.78, 5) is 16.8. The van der Waals surface area contributed by atoms with Gasteiger partial charge >= 0.3 is 0 Å². The number of carbonyl (C=O) groups is 1. The molecule has 0 saturated carbocycles. The summed E-state index contributed by atoms with van der Waals surface area (Å²) < 4.78 is 25.4. The van der Waals surface area contributed by atoms with Crippen molar-refractivity contribution in [2.45, 2.75) is 11.3 Å². The smallest absolute Gasteiger partial charge is 0.266 e. The third-order valence-electron chi connectivity index (χ3n) is 3.61. The second kappa shape index (κ2) is 8.44. The van der Waals surface area contributed by atoms with Gasteiger partial charge in [-0.3, -0.25) is 9.63 Å². The van der Waals surface area contributed by atoms with E-state index < -0.39 is 10.0 Å². The molecule has 0 radical (unpaired) electrons. The van der Waals surface area contributed by atoms with Crippen LogP contribution in [-0.4, -0.2) is 39.5 Å². The minimum absolute atomic E-state index is 0.0183. The van der Waals surface area contributed by atoms with Crippen LogP contribution in [0.4, 0.5) is 0 Å². The molecule has 0 bridgehead atoms. The molecule has 0 aliphatic carbocycles. The minimum Gasteiger partial charge on any atom is -0.352 e. The summed E-state index contributed by atoms with van der Waals surface area (Å²) in [6, 6.07) is 13.8. The molecule has 0 aliphatic heterocycles. The third-order valence-corrected chi connectivity index (χ3v) is 5.77. The number of rotatable bonds is 7. The van der Waals surface area contributed by atoms with Crippen molar-refractivity contribution in [1.82, 2.24) is 9.79 Å². The van der Waals surface area contributed by atoms with Gasteiger partial charge in [0, 0.05) is 19.2 Å². The van der Waals surface area contributed by atoms with E-state index >= 15 is 0 Å². The zero-order valence-corrected chi connectivity index (χ0v) is 15.5. The van der Waals surface area contributed by atoms with Crippen molar-refractivity contribution in [2.24, 2.45) is 0 Å². The van der Waals surface area contributed by atoms with E-state index in [1.165, 1.54) is 32.4 Å². The largest absolute Gasteiger partial charge is 0.352 e. The number of hydrogen-bond acceptors (Lipinski definition) is 4. The minimum atomic E-state index is -3.94. The number of nitrogens with zero attached hydrogens (tertiary/aromatic N) is 1. The van der Waals surface area contributed by atoms with E-state index in [2.05, 4.69) is 5.32 Å². The van der Waals surface area contributed by atoms with Gasteiger partial charge in [0.15, 0.2) is 0 Å². The number of hydroxylamine groups is 1. The van der Waals surface area contributed by atoms with E-state index in [0.717, 1.165) is 5.56 Å². The molecule has 0 aliphatic rings. The average Bonchev–Trinajstić information content (AvgIpc) is 2.61. The molecule has 0 spiro atoms. The molecule has 0 saturated heterocycles. The lowest BCUT2D eigenvalue weighted by atomic mass is 10.1. The molecule has 1 N–H and O–H groups in total. The highest BCUT2D eigenvalue weighted by Gasteiger charge is 2.25. The molecule has 0 aromatic heterocycles. The fourth-order valence-electron chi connectivity index (χ4n) is 2.15. The van der Waals surface area contributed by atoms with Crippen molar-refractivity contribution in [3.05, 3.63) is 64.7 Å². The first-order valence-electron chi connectivity index (χ1n) is 7.51. The standard InChI is InChI=1S/C17H19ClN2O4S/c1-20(24-2)25(22,23)16-12-14(8-9-15(16)18)17(21)19-11-10-13-6-4-3-5-7-13/h3-9,12H,10-11H2,1-2H3,(H,19,21). The molecule has 25 heavy (non-hydrogen) atoms. The van der Waals surface area contributed by atoms with Gasteiger partial charge in [0.1, 0.15) is 4.90 Å². The summed E-state index contributed by atoms with van der Waals surface area (Å²) in [7, 11) is -1.46. The van der Waals surface area contributed by atoms with E-state index in [-0.39, 0.29) is 21.4 Å². The molecule has 1 amide bonds. The Balaban J connectivity index is 2.12. The first-order chi connectivity index (χ1) is 11.9. The predicted molar refractivity (Wildman–Crippen MR) is 95.9 cm³/mol.